The van der Waals surface area contributed by atoms with E-state index in [9.17, 15) is 9.59 Å². The van der Waals surface area contributed by atoms with Gasteiger partial charge in [0.15, 0.2) is 16.8 Å². The second-order valence-electron chi connectivity index (χ2n) is 3.93. The minimum atomic E-state index is -0.415. The fourth-order valence-electron chi connectivity index (χ4n) is 1.45. The number of nitrogens with zero attached hydrogens (tertiary/aromatic N) is 3. The lowest BCUT2D eigenvalue weighted by molar-refractivity contribution is -0.119. The van der Waals surface area contributed by atoms with Gasteiger partial charge in [-0.1, -0.05) is 11.3 Å². The van der Waals surface area contributed by atoms with Crippen molar-refractivity contribution in [3.63, 3.8) is 0 Å². The SMILES string of the molecule is C/C(OCC(=O)Nc1n[nH]c(=S)s1)=C(/C=O)c1cnccn1. The van der Waals surface area contributed by atoms with Crippen LogP contribution in [0.25, 0.3) is 5.57 Å². The van der Waals surface area contributed by atoms with Crippen LogP contribution in [-0.4, -0.2) is 39.0 Å². The molecule has 2 aromatic rings. The van der Waals surface area contributed by atoms with E-state index in [2.05, 4.69) is 25.5 Å². The van der Waals surface area contributed by atoms with Crippen LogP contribution in [0.5, 0.6) is 0 Å². The maximum absolute atomic E-state index is 11.7. The summed E-state index contributed by atoms with van der Waals surface area (Å²) in [5.41, 5.74) is 0.608. The summed E-state index contributed by atoms with van der Waals surface area (Å²) in [6.45, 7) is 1.31. The van der Waals surface area contributed by atoms with Crippen molar-refractivity contribution in [3.05, 3.63) is 34.0 Å². The third-order valence-electron chi connectivity index (χ3n) is 2.44. The topological polar surface area (TPSA) is 110 Å². The monoisotopic (exact) mass is 337 g/mol. The first-order valence-electron chi connectivity index (χ1n) is 6.00. The zero-order valence-corrected chi connectivity index (χ0v) is 13.0. The molecule has 0 spiro atoms. The van der Waals surface area contributed by atoms with E-state index in [0.717, 1.165) is 11.3 Å². The number of aromatic nitrogens is 4. The number of anilines is 1. The van der Waals surface area contributed by atoms with Crippen LogP contribution in [0, 0.1) is 3.95 Å². The number of hydrogen-bond donors (Lipinski definition) is 2. The Morgan fingerprint density at radius 2 is 2.36 bits per heavy atom. The number of aromatic amines is 1. The van der Waals surface area contributed by atoms with Gasteiger partial charge in [-0.15, -0.1) is 5.10 Å². The summed E-state index contributed by atoms with van der Waals surface area (Å²) >= 11 is 5.99. The van der Waals surface area contributed by atoms with Crippen molar-refractivity contribution in [1.29, 1.82) is 0 Å². The largest absolute Gasteiger partial charge is 0.488 e. The molecule has 2 aromatic heterocycles. The van der Waals surface area contributed by atoms with E-state index in [1.54, 1.807) is 6.92 Å². The molecule has 2 N–H and O–H groups in total. The number of carbonyl (C=O) groups excluding carboxylic acids is 2. The zero-order valence-electron chi connectivity index (χ0n) is 11.4. The second-order valence-corrected chi connectivity index (χ2v) is 5.60. The van der Waals surface area contributed by atoms with Gasteiger partial charge >= 0.3 is 0 Å². The van der Waals surface area contributed by atoms with Crippen LogP contribution in [0.3, 0.4) is 0 Å². The number of amides is 1. The second kappa shape index (κ2) is 7.52. The Morgan fingerprint density at radius 1 is 1.55 bits per heavy atom. The number of H-pyrrole nitrogens is 1. The van der Waals surface area contributed by atoms with Crippen molar-refractivity contribution in [2.45, 2.75) is 6.92 Å². The summed E-state index contributed by atoms with van der Waals surface area (Å²) in [5.74, 6) is -0.137. The van der Waals surface area contributed by atoms with Crippen molar-refractivity contribution >= 4 is 46.5 Å². The highest BCUT2D eigenvalue weighted by Crippen LogP contribution is 2.15. The maximum atomic E-state index is 11.7. The molecule has 22 heavy (non-hydrogen) atoms. The molecule has 10 heteroatoms. The first kappa shape index (κ1) is 15.9. The summed E-state index contributed by atoms with van der Waals surface area (Å²) in [4.78, 5) is 30.8. The lowest BCUT2D eigenvalue weighted by Gasteiger charge is -2.08. The summed E-state index contributed by atoms with van der Waals surface area (Å²) in [6.07, 6.45) is 5.00. The predicted octanol–water partition coefficient (Wildman–Crippen LogP) is 1.58. The molecule has 1 amide bonds. The third-order valence-corrected chi connectivity index (χ3v) is 3.45. The molecule has 0 radical (unpaired) electrons. The Hall–Kier alpha value is -2.46. The fraction of sp³-hybridized carbons (Fsp3) is 0.167. The van der Waals surface area contributed by atoms with Crippen LogP contribution >= 0.6 is 23.6 Å². The smallest absolute Gasteiger partial charge is 0.264 e. The van der Waals surface area contributed by atoms with Gasteiger partial charge in [-0.3, -0.25) is 30.0 Å². The highest BCUT2D eigenvalue weighted by Gasteiger charge is 2.11. The van der Waals surface area contributed by atoms with Crippen LogP contribution in [0.15, 0.2) is 24.3 Å². The number of allylic oxidation sites excluding steroid dienone is 2. The molecule has 2 rings (SSSR count). The Bertz CT molecular complexity index is 753. The summed E-state index contributed by atoms with van der Waals surface area (Å²) in [6, 6.07) is 0. The minimum Gasteiger partial charge on any atom is -0.488 e. The van der Waals surface area contributed by atoms with Crippen molar-refractivity contribution in [3.8, 4) is 0 Å². The highest BCUT2D eigenvalue weighted by molar-refractivity contribution is 7.73. The molecule has 0 aliphatic heterocycles. The third kappa shape index (κ3) is 4.27. The molecule has 0 fully saturated rings. The molecule has 0 saturated carbocycles. The molecule has 114 valence electrons. The van der Waals surface area contributed by atoms with Gasteiger partial charge in [-0.2, -0.15) is 0 Å². The van der Waals surface area contributed by atoms with Crippen LogP contribution < -0.4 is 5.32 Å². The van der Waals surface area contributed by atoms with Gasteiger partial charge < -0.3 is 4.74 Å². The van der Waals surface area contributed by atoms with Crippen molar-refractivity contribution in [1.82, 2.24) is 20.2 Å². The van der Waals surface area contributed by atoms with E-state index in [-0.39, 0.29) is 17.9 Å². The lowest BCUT2D eigenvalue weighted by Crippen LogP contribution is -2.18. The van der Waals surface area contributed by atoms with Crippen LogP contribution in [-0.2, 0) is 14.3 Å². The number of hydrogen-bond acceptors (Lipinski definition) is 8. The minimum absolute atomic E-state index is 0.233. The molecule has 0 unspecified atom stereocenters. The predicted molar refractivity (Wildman–Crippen MR) is 82.6 cm³/mol. The van der Waals surface area contributed by atoms with Crippen molar-refractivity contribution in [2.24, 2.45) is 0 Å². The summed E-state index contributed by atoms with van der Waals surface area (Å²) in [5, 5.41) is 9.21. The fourth-order valence-corrected chi connectivity index (χ4v) is 2.26. The van der Waals surface area contributed by atoms with Gasteiger partial charge in [0.25, 0.3) is 5.91 Å². The molecular formula is C12H11N5O3S2. The van der Waals surface area contributed by atoms with Gasteiger partial charge in [0.2, 0.25) is 5.13 Å². The molecule has 8 nitrogen and oxygen atoms in total. The number of aldehydes is 1. The van der Waals surface area contributed by atoms with E-state index in [4.69, 9.17) is 17.0 Å². The Morgan fingerprint density at radius 3 is 2.95 bits per heavy atom. The molecule has 0 aliphatic rings. The van der Waals surface area contributed by atoms with Crippen LogP contribution in [0.2, 0.25) is 0 Å². The Balaban J connectivity index is 1.99. The number of rotatable bonds is 6. The number of carbonyl (C=O) groups is 2. The number of ether oxygens (including phenoxy) is 1. The molecule has 2 heterocycles. The van der Waals surface area contributed by atoms with Crippen LogP contribution in [0.1, 0.15) is 12.6 Å². The van der Waals surface area contributed by atoms with E-state index >= 15 is 0 Å². The first-order chi connectivity index (χ1) is 10.6. The molecule has 0 bridgehead atoms. The maximum Gasteiger partial charge on any atom is 0.264 e. The summed E-state index contributed by atoms with van der Waals surface area (Å²) in [7, 11) is 0. The van der Waals surface area contributed by atoms with Gasteiger partial charge in [-0.05, 0) is 19.1 Å². The molecule has 0 saturated heterocycles. The molecule has 0 aliphatic carbocycles. The average molecular weight is 337 g/mol. The van der Waals surface area contributed by atoms with Crippen LogP contribution in [0.4, 0.5) is 5.13 Å². The molecule has 0 atom stereocenters. The van der Waals surface area contributed by atoms with E-state index in [1.807, 2.05) is 0 Å². The molecular weight excluding hydrogens is 326 g/mol. The Labute approximate surface area is 134 Å². The Kier molecular flexibility index (Phi) is 5.44. The number of nitrogens with one attached hydrogen (secondary N) is 2. The van der Waals surface area contributed by atoms with Gasteiger partial charge in [0.1, 0.15) is 5.76 Å². The zero-order chi connectivity index (χ0) is 15.9. The van der Waals surface area contributed by atoms with E-state index in [1.165, 1.54) is 18.6 Å². The summed E-state index contributed by atoms with van der Waals surface area (Å²) < 4.78 is 5.76. The standard InChI is InChI=1S/C12H11N5O3S2/c1-7(8(5-18)9-4-13-2-3-14-9)20-6-10(19)15-11-16-17-12(21)22-11/h2-5H,6H2,1H3,(H,17,21)(H,15,16,19)/b8-7+. The normalized spacial score (nSPS) is 11.5. The highest BCUT2D eigenvalue weighted by atomic mass is 32.1. The quantitative estimate of drug-likeness (QED) is 0.356. The van der Waals surface area contributed by atoms with Gasteiger partial charge in [0.05, 0.1) is 17.5 Å². The van der Waals surface area contributed by atoms with E-state index in [0.29, 0.717) is 21.1 Å². The average Bonchev–Trinajstić information content (AvgIpc) is 2.92. The van der Waals surface area contributed by atoms with E-state index < -0.39 is 5.91 Å². The van der Waals surface area contributed by atoms with Crippen molar-refractivity contribution < 1.29 is 14.3 Å². The first-order valence-corrected chi connectivity index (χ1v) is 7.23. The van der Waals surface area contributed by atoms with Gasteiger partial charge in [-0.25, -0.2) is 0 Å². The van der Waals surface area contributed by atoms with Gasteiger partial charge in [0, 0.05) is 12.4 Å². The lowest BCUT2D eigenvalue weighted by atomic mass is 10.2. The molecule has 0 aromatic carbocycles. The van der Waals surface area contributed by atoms with Crippen molar-refractivity contribution in [2.75, 3.05) is 11.9 Å².